The molecule has 0 radical (unpaired) electrons. The topological polar surface area (TPSA) is 18.5 Å². The maximum Gasteiger partial charge on any atom is 0.209 e. The quantitative estimate of drug-likeness (QED) is 0.363. The molecule has 0 saturated carbocycles. The van der Waals surface area contributed by atoms with Crippen LogP contribution in [0.15, 0.2) is 6.07 Å². The van der Waals surface area contributed by atoms with E-state index in [0.29, 0.717) is 0 Å². The Morgan fingerprint density at radius 1 is 0.625 bits per heavy atom. The second-order valence-electron chi connectivity index (χ2n) is 4.61. The van der Waals surface area contributed by atoms with Crippen LogP contribution in [0.3, 0.4) is 0 Å². The lowest BCUT2D eigenvalue weighted by atomic mass is 9.62. The molecule has 2 aromatic carbocycles. The van der Waals surface area contributed by atoms with Crippen LogP contribution in [0, 0.1) is 40.7 Å². The van der Waals surface area contributed by atoms with Crippen LogP contribution in [0.4, 0.5) is 30.7 Å². The van der Waals surface area contributed by atoms with Gasteiger partial charge in [0.25, 0.3) is 0 Å². The third-order valence-electron chi connectivity index (χ3n) is 3.29. The predicted molar refractivity (Wildman–Crippen MR) is 72.1 cm³/mol. The number of ether oxygens (including phenoxy) is 2. The van der Waals surface area contributed by atoms with E-state index >= 15 is 0 Å². The molecular weight excluding hydrogens is 344 g/mol. The number of benzene rings is 2. The van der Waals surface area contributed by atoms with E-state index in [4.69, 9.17) is 0 Å². The van der Waals surface area contributed by atoms with Crippen LogP contribution < -0.4 is 20.4 Å². The van der Waals surface area contributed by atoms with Gasteiger partial charge in [0.2, 0.25) is 13.1 Å². The molecule has 24 heavy (non-hydrogen) atoms. The zero-order valence-electron chi connectivity index (χ0n) is 12.2. The van der Waals surface area contributed by atoms with Gasteiger partial charge in [0.1, 0.15) is 0 Å². The molecule has 0 spiro atoms. The minimum atomic E-state index is -2.07. The van der Waals surface area contributed by atoms with Crippen LogP contribution >= 0.6 is 0 Å². The molecule has 0 aliphatic rings. The lowest BCUT2D eigenvalue weighted by molar-refractivity contribution is 0.338. The summed E-state index contributed by atoms with van der Waals surface area (Å²) in [4.78, 5) is 0. The molecule has 128 valence electrons. The van der Waals surface area contributed by atoms with Crippen molar-refractivity contribution in [3.63, 3.8) is 0 Å². The molecule has 0 heterocycles. The zero-order chi connectivity index (χ0) is 18.2. The van der Waals surface area contributed by atoms with E-state index in [1.54, 1.807) is 0 Å². The Balaban J connectivity index is 2.72. The van der Waals surface area contributed by atoms with Crippen molar-refractivity contribution in [3.05, 3.63) is 46.8 Å². The first-order valence-corrected chi connectivity index (χ1v) is 6.33. The van der Waals surface area contributed by atoms with E-state index in [2.05, 4.69) is 9.47 Å². The van der Waals surface area contributed by atoms with Crippen molar-refractivity contribution in [2.45, 2.75) is 0 Å². The van der Waals surface area contributed by atoms with Crippen molar-refractivity contribution in [1.82, 2.24) is 0 Å². The van der Waals surface area contributed by atoms with Crippen molar-refractivity contribution in [3.8, 4) is 11.5 Å². The standard InChI is InChI=1S/C14H8BF7O2/c1-23-13-5(17)3-4(16)8(18)7(13)15-6-9(19)11(21)12(22)14(24-2)10(6)20/h3,15H,1-2H3. The van der Waals surface area contributed by atoms with Crippen molar-refractivity contribution < 1.29 is 40.2 Å². The van der Waals surface area contributed by atoms with Gasteiger partial charge in [0.15, 0.2) is 46.4 Å². The highest BCUT2D eigenvalue weighted by Crippen LogP contribution is 2.25. The minimum absolute atomic E-state index is 0.177. The highest BCUT2D eigenvalue weighted by Gasteiger charge is 2.29. The summed E-state index contributed by atoms with van der Waals surface area (Å²) >= 11 is 0. The van der Waals surface area contributed by atoms with Crippen LogP contribution in [0.1, 0.15) is 0 Å². The first-order chi connectivity index (χ1) is 11.2. The molecule has 0 saturated heterocycles. The fourth-order valence-electron chi connectivity index (χ4n) is 2.18. The lowest BCUT2D eigenvalue weighted by Gasteiger charge is -2.14. The highest BCUT2D eigenvalue weighted by molar-refractivity contribution is 6.68. The lowest BCUT2D eigenvalue weighted by Crippen LogP contribution is -2.37. The molecule has 0 fully saturated rings. The Labute approximate surface area is 132 Å². The smallest absolute Gasteiger partial charge is 0.209 e. The fourth-order valence-corrected chi connectivity index (χ4v) is 2.18. The van der Waals surface area contributed by atoms with Crippen LogP contribution in [-0.4, -0.2) is 21.5 Å². The average Bonchev–Trinajstić information content (AvgIpc) is 2.54. The van der Waals surface area contributed by atoms with E-state index in [1.807, 2.05) is 0 Å². The molecule has 0 aromatic heterocycles. The Kier molecular flexibility index (Phi) is 4.95. The van der Waals surface area contributed by atoms with Crippen molar-refractivity contribution in [2.24, 2.45) is 0 Å². The summed E-state index contributed by atoms with van der Waals surface area (Å²) in [6, 6.07) is 0.177. The normalized spacial score (nSPS) is 10.7. The Hall–Kier alpha value is -2.39. The number of methoxy groups -OCH3 is 2. The SMILES string of the molecule is COc1c(F)c(F)c(F)c(Bc2c(F)c(F)cc(F)c2OC)c1F. The first kappa shape index (κ1) is 18.0. The van der Waals surface area contributed by atoms with Gasteiger partial charge in [-0.1, -0.05) is 0 Å². The van der Waals surface area contributed by atoms with Gasteiger partial charge in [0.05, 0.1) is 14.2 Å². The molecule has 2 aromatic rings. The molecule has 10 heteroatoms. The van der Waals surface area contributed by atoms with Gasteiger partial charge in [-0.25, -0.2) is 26.3 Å². The Bertz CT molecular complexity index is 811. The Morgan fingerprint density at radius 3 is 1.75 bits per heavy atom. The predicted octanol–water partition coefficient (Wildman–Crippen LogP) is 2.06. The summed E-state index contributed by atoms with van der Waals surface area (Å²) in [5.74, 6) is -14.3. The molecule has 0 aliphatic carbocycles. The van der Waals surface area contributed by atoms with Gasteiger partial charge in [-0.05, 0) is 5.46 Å². The molecular formula is C14H8BF7O2. The maximum atomic E-state index is 14.1. The molecule has 0 amide bonds. The van der Waals surface area contributed by atoms with Crippen molar-refractivity contribution in [2.75, 3.05) is 14.2 Å². The van der Waals surface area contributed by atoms with E-state index in [-0.39, 0.29) is 6.07 Å². The van der Waals surface area contributed by atoms with Crippen LogP contribution in [0.25, 0.3) is 0 Å². The van der Waals surface area contributed by atoms with Gasteiger partial charge >= 0.3 is 0 Å². The number of hydrogen-bond acceptors (Lipinski definition) is 2. The van der Waals surface area contributed by atoms with Gasteiger partial charge in [-0.15, -0.1) is 0 Å². The molecule has 0 atom stereocenters. The summed E-state index contributed by atoms with van der Waals surface area (Å²) in [5, 5.41) is 0. The second-order valence-corrected chi connectivity index (χ2v) is 4.61. The third-order valence-corrected chi connectivity index (χ3v) is 3.29. The minimum Gasteiger partial charge on any atom is -0.494 e. The summed E-state index contributed by atoms with van der Waals surface area (Å²) in [6.07, 6.45) is 0. The van der Waals surface area contributed by atoms with Gasteiger partial charge < -0.3 is 9.47 Å². The highest BCUT2D eigenvalue weighted by atomic mass is 19.2. The molecule has 2 nitrogen and oxygen atoms in total. The van der Waals surface area contributed by atoms with Crippen LogP contribution in [0.2, 0.25) is 0 Å². The van der Waals surface area contributed by atoms with Gasteiger partial charge in [-0.3, -0.25) is 0 Å². The third kappa shape index (κ3) is 2.76. The monoisotopic (exact) mass is 352 g/mol. The van der Waals surface area contributed by atoms with Gasteiger partial charge in [-0.2, -0.15) is 4.39 Å². The number of rotatable bonds is 4. The first-order valence-electron chi connectivity index (χ1n) is 6.33. The van der Waals surface area contributed by atoms with Crippen molar-refractivity contribution >= 4 is 18.2 Å². The average molecular weight is 352 g/mol. The van der Waals surface area contributed by atoms with E-state index in [0.717, 1.165) is 14.2 Å². The molecule has 2 rings (SSSR count). The molecule has 0 unspecified atom stereocenters. The summed E-state index contributed by atoms with van der Waals surface area (Å²) in [5.41, 5.74) is -2.08. The van der Waals surface area contributed by atoms with E-state index in [1.165, 1.54) is 0 Å². The summed E-state index contributed by atoms with van der Waals surface area (Å²) in [7, 11) is 0.568. The number of halogens is 7. The molecule has 0 aliphatic heterocycles. The van der Waals surface area contributed by atoms with Crippen LogP contribution in [0.5, 0.6) is 11.5 Å². The fraction of sp³-hybridized carbons (Fsp3) is 0.143. The van der Waals surface area contributed by atoms with Crippen molar-refractivity contribution in [1.29, 1.82) is 0 Å². The van der Waals surface area contributed by atoms with E-state index in [9.17, 15) is 30.7 Å². The number of hydrogen-bond donors (Lipinski definition) is 0. The largest absolute Gasteiger partial charge is 0.494 e. The van der Waals surface area contributed by atoms with Crippen LogP contribution in [-0.2, 0) is 0 Å². The second kappa shape index (κ2) is 6.62. The molecule has 0 bridgehead atoms. The summed E-state index contributed by atoms with van der Waals surface area (Å²) < 4.78 is 104. The maximum absolute atomic E-state index is 14.1. The Morgan fingerprint density at radius 2 is 1.21 bits per heavy atom. The van der Waals surface area contributed by atoms with Gasteiger partial charge in [0, 0.05) is 11.5 Å². The summed E-state index contributed by atoms with van der Waals surface area (Å²) in [6.45, 7) is 0. The molecule has 0 N–H and O–H groups in total. The van der Waals surface area contributed by atoms with E-state index < -0.39 is 70.4 Å². The zero-order valence-corrected chi connectivity index (χ0v) is 12.2.